The Morgan fingerprint density at radius 1 is 0.967 bits per heavy atom. The number of benzene rings is 1. The summed E-state index contributed by atoms with van der Waals surface area (Å²) in [6.07, 6.45) is 6.63. The van der Waals surface area contributed by atoms with Crippen molar-refractivity contribution < 1.29 is 28.6 Å². The molecular weight excluding hydrogens is 384 g/mol. The number of fused-ring (bicyclic) bond motifs is 5. The van der Waals surface area contributed by atoms with Gasteiger partial charge in [0.15, 0.2) is 0 Å². The van der Waals surface area contributed by atoms with Crippen LogP contribution in [0.2, 0.25) is 0 Å². The van der Waals surface area contributed by atoms with Crippen molar-refractivity contribution in [3.05, 3.63) is 35.1 Å². The van der Waals surface area contributed by atoms with E-state index in [1.165, 1.54) is 20.8 Å². The quantitative estimate of drug-likeness (QED) is 0.539. The van der Waals surface area contributed by atoms with Gasteiger partial charge in [0, 0.05) is 37.8 Å². The van der Waals surface area contributed by atoms with Crippen LogP contribution < -0.4 is 9.47 Å². The second-order valence-electron chi connectivity index (χ2n) is 8.95. The Kier molecular flexibility index (Phi) is 5.20. The first-order valence-electron chi connectivity index (χ1n) is 10.6. The van der Waals surface area contributed by atoms with Gasteiger partial charge in [0.25, 0.3) is 0 Å². The van der Waals surface area contributed by atoms with Crippen LogP contribution in [0.1, 0.15) is 70.4 Å². The highest BCUT2D eigenvalue weighted by molar-refractivity contribution is 5.72. The molecule has 4 atom stereocenters. The molecule has 0 bridgehead atoms. The molecule has 4 rings (SSSR count). The fourth-order valence-corrected chi connectivity index (χ4v) is 5.96. The van der Waals surface area contributed by atoms with Gasteiger partial charge in [0.2, 0.25) is 0 Å². The van der Waals surface area contributed by atoms with E-state index in [-0.39, 0.29) is 23.3 Å². The molecule has 0 N–H and O–H groups in total. The molecule has 30 heavy (non-hydrogen) atoms. The molecule has 0 radical (unpaired) electrons. The molecule has 1 aromatic carbocycles. The van der Waals surface area contributed by atoms with Gasteiger partial charge in [-0.3, -0.25) is 14.4 Å². The molecule has 0 aromatic heterocycles. The van der Waals surface area contributed by atoms with Crippen molar-refractivity contribution >= 4 is 17.9 Å². The van der Waals surface area contributed by atoms with E-state index in [4.69, 9.17) is 14.2 Å². The predicted molar refractivity (Wildman–Crippen MR) is 109 cm³/mol. The monoisotopic (exact) mass is 412 g/mol. The smallest absolute Gasteiger partial charge is 0.308 e. The summed E-state index contributed by atoms with van der Waals surface area (Å²) in [5.74, 6) is 1.73. The molecule has 1 aromatic rings. The normalized spacial score (nSPS) is 29.1. The van der Waals surface area contributed by atoms with E-state index in [0.29, 0.717) is 23.3 Å². The molecule has 1 fully saturated rings. The topological polar surface area (TPSA) is 78.9 Å². The minimum absolute atomic E-state index is 0.135. The predicted octanol–water partition coefficient (Wildman–Crippen LogP) is 4.45. The van der Waals surface area contributed by atoms with Gasteiger partial charge in [-0.05, 0) is 67.6 Å². The Hall–Kier alpha value is -2.63. The van der Waals surface area contributed by atoms with Crippen LogP contribution in [0.25, 0.3) is 0 Å². The fraction of sp³-hybridized carbons (Fsp3) is 0.542. The van der Waals surface area contributed by atoms with Crippen LogP contribution in [0.3, 0.4) is 0 Å². The average Bonchev–Trinajstić information content (AvgIpc) is 2.96. The van der Waals surface area contributed by atoms with E-state index in [1.54, 1.807) is 6.07 Å². The number of carbonyl (C=O) groups is 3. The Morgan fingerprint density at radius 3 is 2.33 bits per heavy atom. The van der Waals surface area contributed by atoms with E-state index < -0.39 is 5.97 Å². The number of carbonyl (C=O) groups excluding carboxylic acids is 3. The van der Waals surface area contributed by atoms with E-state index in [1.807, 2.05) is 6.07 Å². The van der Waals surface area contributed by atoms with E-state index >= 15 is 0 Å². The highest BCUT2D eigenvalue weighted by Gasteiger charge is 2.53. The third-order valence-corrected chi connectivity index (χ3v) is 7.03. The molecule has 3 aliphatic carbocycles. The first-order chi connectivity index (χ1) is 14.2. The zero-order valence-corrected chi connectivity index (χ0v) is 17.9. The molecule has 0 unspecified atom stereocenters. The maximum Gasteiger partial charge on any atom is 0.308 e. The summed E-state index contributed by atoms with van der Waals surface area (Å²) >= 11 is 0. The molecule has 3 aliphatic rings. The molecule has 6 heteroatoms. The molecule has 0 heterocycles. The molecule has 0 saturated heterocycles. The minimum Gasteiger partial charge on any atom is -0.431 e. The molecular formula is C24H28O6. The van der Waals surface area contributed by atoms with Crippen molar-refractivity contribution in [1.29, 1.82) is 0 Å². The number of aryl methyl sites for hydroxylation is 1. The zero-order chi connectivity index (χ0) is 21.6. The van der Waals surface area contributed by atoms with Crippen LogP contribution in [0.4, 0.5) is 0 Å². The van der Waals surface area contributed by atoms with E-state index in [2.05, 4.69) is 13.0 Å². The summed E-state index contributed by atoms with van der Waals surface area (Å²) in [5, 5.41) is 0. The number of allylic oxidation sites excluding steroid dienone is 2. The molecule has 0 amide bonds. The van der Waals surface area contributed by atoms with Crippen molar-refractivity contribution in [3.63, 3.8) is 0 Å². The third kappa shape index (κ3) is 3.53. The van der Waals surface area contributed by atoms with Crippen LogP contribution in [0.5, 0.6) is 11.5 Å². The van der Waals surface area contributed by atoms with Gasteiger partial charge < -0.3 is 14.2 Å². The van der Waals surface area contributed by atoms with Crippen molar-refractivity contribution in [2.75, 3.05) is 0 Å². The number of hydrogen-bond donors (Lipinski definition) is 0. The third-order valence-electron chi connectivity index (χ3n) is 7.03. The standard InChI is InChI=1S/C24H28O6/c1-13(25)28-17-11-16-5-6-18-19(23(16)21(12-17)29-14(2)26)9-10-24(4)20(18)7-8-22(24)30-15(3)27/h8,11-12,18-20H,5-7,9-10H2,1-4H3/t18-,19+,20+,24+/m1/s1. The Bertz CT molecular complexity index is 945. The average molecular weight is 412 g/mol. The van der Waals surface area contributed by atoms with Crippen LogP contribution in [0, 0.1) is 17.3 Å². The van der Waals surface area contributed by atoms with Gasteiger partial charge in [0.05, 0.1) is 0 Å². The van der Waals surface area contributed by atoms with E-state index in [0.717, 1.165) is 49.0 Å². The maximum atomic E-state index is 11.8. The molecule has 160 valence electrons. The van der Waals surface area contributed by atoms with Crippen molar-refractivity contribution in [2.45, 2.75) is 65.7 Å². The fourth-order valence-electron chi connectivity index (χ4n) is 5.96. The van der Waals surface area contributed by atoms with Gasteiger partial charge in [-0.1, -0.05) is 6.92 Å². The van der Waals surface area contributed by atoms with E-state index in [9.17, 15) is 14.4 Å². The van der Waals surface area contributed by atoms with Crippen molar-refractivity contribution in [2.24, 2.45) is 17.3 Å². The second-order valence-corrected chi connectivity index (χ2v) is 8.95. The summed E-state index contributed by atoms with van der Waals surface area (Å²) in [6.45, 7) is 6.40. The lowest BCUT2D eigenvalue weighted by atomic mass is 9.55. The molecule has 0 spiro atoms. The number of hydrogen-bond acceptors (Lipinski definition) is 6. The molecule has 6 nitrogen and oxygen atoms in total. The Labute approximate surface area is 176 Å². The summed E-state index contributed by atoms with van der Waals surface area (Å²) in [5.41, 5.74) is 2.02. The number of esters is 3. The van der Waals surface area contributed by atoms with Crippen molar-refractivity contribution in [1.82, 2.24) is 0 Å². The highest BCUT2D eigenvalue weighted by atomic mass is 16.5. The lowest BCUT2D eigenvalue weighted by Crippen LogP contribution is -2.42. The highest BCUT2D eigenvalue weighted by Crippen LogP contribution is 2.62. The largest absolute Gasteiger partial charge is 0.431 e. The first-order valence-corrected chi connectivity index (χ1v) is 10.6. The van der Waals surface area contributed by atoms with Gasteiger partial charge in [-0.25, -0.2) is 0 Å². The lowest BCUT2D eigenvalue weighted by Gasteiger charge is -2.49. The lowest BCUT2D eigenvalue weighted by molar-refractivity contribution is -0.139. The van der Waals surface area contributed by atoms with Crippen LogP contribution >= 0.6 is 0 Å². The molecule has 0 aliphatic heterocycles. The van der Waals surface area contributed by atoms with Crippen LogP contribution in [0.15, 0.2) is 24.0 Å². The summed E-state index contributed by atoms with van der Waals surface area (Å²) in [7, 11) is 0. The Balaban J connectivity index is 1.69. The van der Waals surface area contributed by atoms with Gasteiger partial charge in [0.1, 0.15) is 17.3 Å². The van der Waals surface area contributed by atoms with Gasteiger partial charge in [-0.15, -0.1) is 0 Å². The first kappa shape index (κ1) is 20.6. The van der Waals surface area contributed by atoms with Crippen LogP contribution in [-0.2, 0) is 25.5 Å². The maximum absolute atomic E-state index is 11.8. The summed E-state index contributed by atoms with van der Waals surface area (Å²) in [4.78, 5) is 34.8. The second kappa shape index (κ2) is 7.56. The summed E-state index contributed by atoms with van der Waals surface area (Å²) < 4.78 is 16.4. The van der Waals surface area contributed by atoms with Gasteiger partial charge >= 0.3 is 17.9 Å². The summed E-state index contributed by atoms with van der Waals surface area (Å²) in [6, 6.07) is 3.57. The Morgan fingerprint density at radius 2 is 1.67 bits per heavy atom. The number of rotatable bonds is 3. The SMILES string of the molecule is CC(=O)OC1=CC[C@H]2[C@@H]3CCc4cc(OC(C)=O)cc(OC(C)=O)c4[C@H]3CC[C@]12C. The van der Waals surface area contributed by atoms with Gasteiger partial charge in [-0.2, -0.15) is 0 Å². The van der Waals surface area contributed by atoms with Crippen molar-refractivity contribution in [3.8, 4) is 11.5 Å². The number of ether oxygens (including phenoxy) is 3. The molecule has 1 saturated carbocycles. The zero-order valence-electron chi connectivity index (χ0n) is 17.9. The minimum atomic E-state index is -0.402. The van der Waals surface area contributed by atoms with Crippen LogP contribution in [-0.4, -0.2) is 17.9 Å².